The molecule has 4 nitrogen and oxygen atoms in total. The van der Waals surface area contributed by atoms with E-state index in [4.69, 9.17) is 11.5 Å². The topological polar surface area (TPSA) is 78.0 Å². The van der Waals surface area contributed by atoms with E-state index in [-0.39, 0.29) is 0 Å². The lowest BCUT2D eigenvalue weighted by Gasteiger charge is -2.25. The Morgan fingerprint density at radius 2 is 1.93 bits per heavy atom. The maximum Gasteiger partial charge on any atom is 0.343 e. The Morgan fingerprint density at radius 1 is 1.17 bits per heavy atom. The summed E-state index contributed by atoms with van der Waals surface area (Å²) in [6.07, 6.45) is 18.6. The number of guanidine groups is 1. The number of hydrogen-bond acceptors (Lipinski definition) is 1. The third-order valence-corrected chi connectivity index (χ3v) is 7.22. The predicted molar refractivity (Wildman–Crippen MR) is 130 cm³/mol. The van der Waals surface area contributed by atoms with E-state index in [0.29, 0.717) is 24.0 Å². The monoisotopic (exact) mass is 417 g/mol. The van der Waals surface area contributed by atoms with Crippen LogP contribution >= 0.6 is 0 Å². The maximum atomic E-state index is 5.79. The van der Waals surface area contributed by atoms with Crippen LogP contribution < -0.4 is 21.8 Å². The third kappa shape index (κ3) is 8.83. The van der Waals surface area contributed by atoms with Crippen molar-refractivity contribution in [2.45, 2.75) is 104 Å². The highest BCUT2D eigenvalue weighted by molar-refractivity contribution is 5.69. The van der Waals surface area contributed by atoms with Gasteiger partial charge in [0.15, 0.2) is 0 Å². The Kier molecular flexibility index (Phi) is 10.4. The second-order valence-corrected chi connectivity index (χ2v) is 10.3. The van der Waals surface area contributed by atoms with E-state index < -0.39 is 0 Å². The van der Waals surface area contributed by atoms with Crippen LogP contribution in [-0.4, -0.2) is 18.0 Å². The van der Waals surface area contributed by atoms with Crippen molar-refractivity contribution in [3.63, 3.8) is 0 Å². The second kappa shape index (κ2) is 12.5. The number of allylic oxidation sites excluding steroid dienone is 3. The molecule has 0 aromatic rings. The summed E-state index contributed by atoms with van der Waals surface area (Å²) >= 11 is 0. The molecule has 0 saturated heterocycles. The molecule has 7 unspecified atom stereocenters. The average Bonchev–Trinajstić information content (AvgIpc) is 3.45. The van der Waals surface area contributed by atoms with Gasteiger partial charge in [0.1, 0.15) is 0 Å². The zero-order valence-corrected chi connectivity index (χ0v) is 20.3. The third-order valence-electron chi connectivity index (χ3n) is 7.22. The highest BCUT2D eigenvalue weighted by atomic mass is 15.0. The summed E-state index contributed by atoms with van der Waals surface area (Å²) < 4.78 is 0. The molecular weight excluding hydrogens is 368 g/mol. The van der Waals surface area contributed by atoms with Crippen LogP contribution in [0.2, 0.25) is 0 Å². The van der Waals surface area contributed by atoms with E-state index in [9.17, 15) is 0 Å². The van der Waals surface area contributed by atoms with Gasteiger partial charge in [-0.3, -0.25) is 11.5 Å². The first-order chi connectivity index (χ1) is 14.3. The molecule has 0 radical (unpaired) electrons. The highest BCUT2D eigenvalue weighted by Crippen LogP contribution is 2.47. The molecule has 0 heterocycles. The quantitative estimate of drug-likeness (QED) is 0.209. The van der Waals surface area contributed by atoms with E-state index in [0.717, 1.165) is 30.1 Å². The molecule has 0 bridgehead atoms. The van der Waals surface area contributed by atoms with Gasteiger partial charge in [0, 0.05) is 18.5 Å². The minimum Gasteiger partial charge on any atom is -0.311 e. The van der Waals surface area contributed by atoms with E-state index in [2.05, 4.69) is 63.2 Å². The van der Waals surface area contributed by atoms with Crippen LogP contribution in [-0.2, 0) is 0 Å². The van der Waals surface area contributed by atoms with Crippen molar-refractivity contribution in [2.24, 2.45) is 41.1 Å². The van der Waals surface area contributed by atoms with E-state index in [1.54, 1.807) is 0 Å². The molecule has 4 heteroatoms. The fourth-order valence-corrected chi connectivity index (χ4v) is 5.22. The summed E-state index contributed by atoms with van der Waals surface area (Å²) in [7, 11) is 0. The van der Waals surface area contributed by atoms with Gasteiger partial charge in [-0.25, -0.2) is 4.99 Å². The normalized spacial score (nSPS) is 29.3. The first kappa shape index (κ1) is 25.0. The van der Waals surface area contributed by atoms with Crippen molar-refractivity contribution >= 4 is 5.96 Å². The lowest BCUT2D eigenvalue weighted by atomic mass is 9.86. The molecule has 0 amide bonds. The summed E-state index contributed by atoms with van der Waals surface area (Å²) in [6, 6.07) is 0.978. The van der Waals surface area contributed by atoms with Crippen LogP contribution in [0, 0.1) is 29.6 Å². The Bertz CT molecular complexity index is 590. The van der Waals surface area contributed by atoms with Crippen LogP contribution in [0.15, 0.2) is 23.9 Å². The minimum absolute atomic E-state index is 0.303. The van der Waals surface area contributed by atoms with Crippen molar-refractivity contribution in [1.82, 2.24) is 5.32 Å². The van der Waals surface area contributed by atoms with Gasteiger partial charge in [-0.1, -0.05) is 52.7 Å². The molecule has 7 atom stereocenters. The highest BCUT2D eigenvalue weighted by Gasteiger charge is 2.39. The van der Waals surface area contributed by atoms with Crippen LogP contribution in [0.4, 0.5) is 0 Å². The van der Waals surface area contributed by atoms with Crippen molar-refractivity contribution < 1.29 is 4.99 Å². The Morgan fingerprint density at radius 3 is 2.53 bits per heavy atom. The maximum absolute atomic E-state index is 5.79. The molecule has 1 saturated carbocycles. The SMILES string of the molecule is CCCC(C)C1CC1C=C(CC(C)NC(CC)CCC1C=CC(C)CC1)[NH+]=C(N)N. The fraction of sp³-hybridized carbons (Fsp3) is 0.808. The minimum atomic E-state index is 0.303. The number of nitrogens with two attached hydrogens (primary N) is 2. The van der Waals surface area contributed by atoms with Crippen LogP contribution in [0.25, 0.3) is 0 Å². The standard InChI is InChI=1S/C26H48N4/c1-6-8-19(4)25-17-22(25)16-24(30-26(27)28)15-20(5)29-23(7-2)14-13-21-11-9-18(3)10-12-21/h9,11,16,18-23,25,29H,6-8,10,12-15,17H2,1-5H3,(H4,27,28,30)/p+1. The summed E-state index contributed by atoms with van der Waals surface area (Å²) in [5, 5.41) is 3.87. The lowest BCUT2D eigenvalue weighted by molar-refractivity contribution is -0.404. The van der Waals surface area contributed by atoms with Gasteiger partial charge in [0.05, 0.1) is 5.70 Å². The van der Waals surface area contributed by atoms with Gasteiger partial charge in [-0.2, -0.15) is 0 Å². The van der Waals surface area contributed by atoms with E-state index in [1.807, 2.05) is 0 Å². The van der Waals surface area contributed by atoms with Gasteiger partial charge in [0.2, 0.25) is 0 Å². The van der Waals surface area contributed by atoms with Crippen LogP contribution in [0.1, 0.15) is 92.4 Å². The Labute approximate surface area is 186 Å². The Hall–Kier alpha value is -1.29. The van der Waals surface area contributed by atoms with Gasteiger partial charge in [-0.05, 0) is 81.1 Å². The van der Waals surface area contributed by atoms with Crippen LogP contribution in [0.3, 0.4) is 0 Å². The molecule has 2 aliphatic carbocycles. The summed E-state index contributed by atoms with van der Waals surface area (Å²) in [4.78, 5) is 3.24. The largest absolute Gasteiger partial charge is 0.343 e. The van der Waals surface area contributed by atoms with Gasteiger partial charge >= 0.3 is 5.96 Å². The fourth-order valence-electron chi connectivity index (χ4n) is 5.22. The molecule has 172 valence electrons. The van der Waals surface area contributed by atoms with Gasteiger partial charge in [-0.15, -0.1) is 0 Å². The molecule has 1 fully saturated rings. The predicted octanol–water partition coefficient (Wildman–Crippen LogP) is 3.83. The van der Waals surface area contributed by atoms with E-state index >= 15 is 0 Å². The van der Waals surface area contributed by atoms with Crippen molar-refractivity contribution in [3.8, 4) is 0 Å². The second-order valence-electron chi connectivity index (χ2n) is 10.3. The zero-order chi connectivity index (χ0) is 22.1. The average molecular weight is 418 g/mol. The molecule has 0 aromatic carbocycles. The Balaban J connectivity index is 1.85. The van der Waals surface area contributed by atoms with Crippen molar-refractivity contribution in [1.29, 1.82) is 0 Å². The van der Waals surface area contributed by atoms with Gasteiger partial charge in [0.25, 0.3) is 0 Å². The molecule has 6 N–H and O–H groups in total. The molecule has 2 rings (SSSR count). The molecule has 0 aliphatic heterocycles. The summed E-state index contributed by atoms with van der Waals surface area (Å²) in [6.45, 7) is 11.6. The van der Waals surface area contributed by atoms with Crippen molar-refractivity contribution in [2.75, 3.05) is 0 Å². The first-order valence-electron chi connectivity index (χ1n) is 12.6. The summed E-state index contributed by atoms with van der Waals surface area (Å²) in [5.74, 6) is 4.17. The zero-order valence-electron chi connectivity index (χ0n) is 20.3. The smallest absolute Gasteiger partial charge is 0.311 e. The molecular formula is C26H49N4+. The van der Waals surface area contributed by atoms with Crippen molar-refractivity contribution in [3.05, 3.63) is 23.9 Å². The van der Waals surface area contributed by atoms with E-state index in [1.165, 1.54) is 57.1 Å². The van der Waals surface area contributed by atoms with Gasteiger partial charge < -0.3 is 5.32 Å². The number of hydrogen-bond donors (Lipinski definition) is 4. The van der Waals surface area contributed by atoms with Crippen LogP contribution in [0.5, 0.6) is 0 Å². The first-order valence-corrected chi connectivity index (χ1v) is 12.6. The number of rotatable bonds is 13. The molecule has 30 heavy (non-hydrogen) atoms. The molecule has 0 spiro atoms. The molecule has 0 aromatic heterocycles. The molecule has 2 aliphatic rings. The lowest BCUT2D eigenvalue weighted by Crippen LogP contribution is -2.76. The number of nitrogens with one attached hydrogen (secondary N) is 2. The summed E-state index contributed by atoms with van der Waals surface area (Å²) in [5.41, 5.74) is 12.8.